The molecule has 0 spiro atoms. The summed E-state index contributed by atoms with van der Waals surface area (Å²) in [6.07, 6.45) is 2.15. The second kappa shape index (κ2) is 8.51. The van der Waals surface area contributed by atoms with Crippen LogP contribution in [0.4, 0.5) is 0 Å². The van der Waals surface area contributed by atoms with Crippen LogP contribution in [-0.4, -0.2) is 31.6 Å². The van der Waals surface area contributed by atoms with Crippen LogP contribution in [0.5, 0.6) is 0 Å². The van der Waals surface area contributed by atoms with E-state index in [-0.39, 0.29) is 15.0 Å². The summed E-state index contributed by atoms with van der Waals surface area (Å²) in [7, 11) is 0. The Morgan fingerprint density at radius 1 is 1.40 bits per heavy atom. The Morgan fingerprint density at radius 3 is 2.33 bits per heavy atom. The molecule has 1 N–H and O–H groups in total. The zero-order valence-corrected chi connectivity index (χ0v) is 14.3. The van der Waals surface area contributed by atoms with Gasteiger partial charge >= 0.3 is 0 Å². The van der Waals surface area contributed by atoms with E-state index in [2.05, 4.69) is 47.8 Å². The fourth-order valence-corrected chi connectivity index (χ4v) is 2.89. The van der Waals surface area contributed by atoms with Crippen molar-refractivity contribution in [1.29, 1.82) is 0 Å². The minimum absolute atomic E-state index is 0.0206. The van der Waals surface area contributed by atoms with E-state index in [4.69, 9.17) is 11.6 Å². The molecule has 0 aliphatic heterocycles. The normalized spacial score (nSPS) is 19.1. The summed E-state index contributed by atoms with van der Waals surface area (Å²) in [5, 5.41) is 10.7. The first kappa shape index (κ1) is 16.4. The quantitative estimate of drug-likeness (QED) is 0.497. The van der Waals surface area contributed by atoms with Gasteiger partial charge in [-0.3, -0.25) is 0 Å². The molecule has 0 saturated carbocycles. The Hall–Kier alpha value is 1.43. The molecule has 4 atom stereocenters. The zero-order valence-electron chi connectivity index (χ0n) is 8.76. The lowest BCUT2D eigenvalue weighted by molar-refractivity contribution is 0.218. The Labute approximate surface area is 122 Å². The van der Waals surface area contributed by atoms with Crippen molar-refractivity contribution in [3.8, 4) is 0 Å². The summed E-state index contributed by atoms with van der Waals surface area (Å²) in [5.74, 6) is 0. The molecule has 0 radical (unpaired) electrons. The molecule has 1 nitrogen and oxygen atoms in total. The van der Waals surface area contributed by atoms with Crippen molar-refractivity contribution in [3.63, 3.8) is 0 Å². The third kappa shape index (κ3) is 7.37. The molecule has 0 amide bonds. The molecule has 0 heterocycles. The monoisotopic (exact) mass is 424 g/mol. The first-order valence-electron chi connectivity index (χ1n) is 4.69. The lowest BCUT2D eigenvalue weighted by Gasteiger charge is -2.21. The SMILES string of the molecule is CC(C)=CC(O)C(Br)C(Br)CC(Cl)CBr. The minimum Gasteiger partial charge on any atom is -0.388 e. The number of hydrogen-bond acceptors (Lipinski definition) is 1. The number of aliphatic hydroxyl groups is 1. The summed E-state index contributed by atoms with van der Waals surface area (Å²) >= 11 is 16.4. The molecule has 0 aromatic carbocycles. The first-order chi connectivity index (χ1) is 6.88. The van der Waals surface area contributed by atoms with Crippen LogP contribution in [0.3, 0.4) is 0 Å². The Kier molecular flexibility index (Phi) is 9.32. The highest BCUT2D eigenvalue weighted by Crippen LogP contribution is 2.25. The van der Waals surface area contributed by atoms with E-state index in [1.165, 1.54) is 0 Å². The first-order valence-corrected chi connectivity index (χ1v) is 8.08. The Morgan fingerprint density at radius 2 is 1.93 bits per heavy atom. The number of allylic oxidation sites excluding steroid dienone is 1. The second-order valence-corrected chi connectivity index (χ2v) is 7.18. The predicted octanol–water partition coefficient (Wildman–Crippen LogP) is 4.23. The summed E-state index contributed by atoms with van der Waals surface area (Å²) in [4.78, 5) is 0.135. The van der Waals surface area contributed by atoms with Crippen LogP contribution >= 0.6 is 59.4 Å². The minimum atomic E-state index is -0.487. The highest BCUT2D eigenvalue weighted by atomic mass is 79.9. The van der Waals surface area contributed by atoms with Crippen molar-refractivity contribution >= 4 is 59.4 Å². The van der Waals surface area contributed by atoms with Gasteiger partial charge < -0.3 is 5.11 Å². The van der Waals surface area contributed by atoms with E-state index in [1.807, 2.05) is 19.9 Å². The van der Waals surface area contributed by atoms with Gasteiger partial charge in [-0.15, -0.1) is 11.6 Å². The third-order valence-corrected chi connectivity index (χ3v) is 6.14. The van der Waals surface area contributed by atoms with Gasteiger partial charge in [-0.05, 0) is 20.3 Å². The fraction of sp³-hybridized carbons (Fsp3) is 0.800. The maximum atomic E-state index is 9.84. The van der Waals surface area contributed by atoms with Gasteiger partial charge in [0, 0.05) is 15.5 Å². The maximum Gasteiger partial charge on any atom is 0.0859 e. The van der Waals surface area contributed by atoms with Crippen LogP contribution in [-0.2, 0) is 0 Å². The van der Waals surface area contributed by atoms with E-state index in [9.17, 15) is 5.11 Å². The van der Waals surface area contributed by atoms with E-state index in [0.29, 0.717) is 0 Å². The predicted molar refractivity (Wildman–Crippen MR) is 78.9 cm³/mol. The van der Waals surface area contributed by atoms with Crippen molar-refractivity contribution in [2.75, 3.05) is 5.33 Å². The van der Waals surface area contributed by atoms with E-state index >= 15 is 0 Å². The van der Waals surface area contributed by atoms with Crippen molar-refractivity contribution < 1.29 is 5.11 Å². The molecule has 0 aliphatic rings. The van der Waals surface area contributed by atoms with Crippen molar-refractivity contribution in [2.24, 2.45) is 0 Å². The standard InChI is InChI=1S/C10H16Br3ClO/c1-6(2)3-9(15)10(13)8(12)4-7(14)5-11/h3,7-10,15H,4-5H2,1-2H3. The van der Waals surface area contributed by atoms with Crippen LogP contribution in [0.1, 0.15) is 20.3 Å². The number of rotatable bonds is 6. The van der Waals surface area contributed by atoms with Crippen molar-refractivity contribution in [1.82, 2.24) is 0 Å². The van der Waals surface area contributed by atoms with Crippen molar-refractivity contribution in [2.45, 2.75) is 41.4 Å². The zero-order chi connectivity index (χ0) is 12.0. The van der Waals surface area contributed by atoms with Crippen LogP contribution in [0.2, 0.25) is 0 Å². The van der Waals surface area contributed by atoms with Crippen LogP contribution in [0, 0.1) is 0 Å². The lowest BCUT2D eigenvalue weighted by Crippen LogP contribution is -2.29. The molecule has 5 heteroatoms. The highest BCUT2D eigenvalue weighted by molar-refractivity contribution is 9.12. The largest absolute Gasteiger partial charge is 0.388 e. The summed E-state index contributed by atoms with van der Waals surface area (Å²) in [6.45, 7) is 3.93. The average molecular weight is 427 g/mol. The van der Waals surface area contributed by atoms with Gasteiger partial charge in [0.25, 0.3) is 0 Å². The molecule has 90 valence electrons. The number of aliphatic hydroxyl groups excluding tert-OH is 1. The van der Waals surface area contributed by atoms with Crippen molar-refractivity contribution in [3.05, 3.63) is 11.6 Å². The van der Waals surface area contributed by atoms with Gasteiger partial charge in [0.15, 0.2) is 0 Å². The van der Waals surface area contributed by atoms with E-state index in [0.717, 1.165) is 17.3 Å². The van der Waals surface area contributed by atoms with E-state index < -0.39 is 6.10 Å². The molecule has 0 saturated heterocycles. The molecule has 0 aliphatic carbocycles. The number of halogens is 4. The Bertz CT molecular complexity index is 207. The lowest BCUT2D eigenvalue weighted by atomic mass is 10.1. The van der Waals surface area contributed by atoms with Crippen LogP contribution < -0.4 is 0 Å². The molecule has 0 aromatic heterocycles. The second-order valence-electron chi connectivity index (χ2n) is 3.68. The van der Waals surface area contributed by atoms with E-state index in [1.54, 1.807) is 0 Å². The molecule has 0 fully saturated rings. The molecule has 0 aromatic rings. The Balaban J connectivity index is 4.18. The van der Waals surface area contributed by atoms with Crippen LogP contribution in [0.15, 0.2) is 11.6 Å². The number of hydrogen-bond donors (Lipinski definition) is 1. The van der Waals surface area contributed by atoms with Gasteiger partial charge in [0.2, 0.25) is 0 Å². The van der Waals surface area contributed by atoms with Gasteiger partial charge in [-0.25, -0.2) is 0 Å². The summed E-state index contributed by atoms with van der Waals surface area (Å²) in [5.41, 5.74) is 1.11. The van der Waals surface area contributed by atoms with Gasteiger partial charge in [0.05, 0.1) is 10.9 Å². The third-order valence-electron chi connectivity index (χ3n) is 1.82. The smallest absolute Gasteiger partial charge is 0.0859 e. The molecular weight excluding hydrogens is 411 g/mol. The summed E-state index contributed by atoms with van der Waals surface area (Å²) < 4.78 is 0. The van der Waals surface area contributed by atoms with Gasteiger partial charge in [-0.1, -0.05) is 59.4 Å². The maximum absolute atomic E-state index is 9.84. The van der Waals surface area contributed by atoms with Crippen LogP contribution in [0.25, 0.3) is 0 Å². The molecule has 15 heavy (non-hydrogen) atoms. The van der Waals surface area contributed by atoms with Gasteiger partial charge in [0.1, 0.15) is 0 Å². The topological polar surface area (TPSA) is 20.2 Å². The molecule has 4 unspecified atom stereocenters. The number of alkyl halides is 4. The molecular formula is C10H16Br3ClO. The summed E-state index contributed by atoms with van der Waals surface area (Å²) in [6, 6.07) is 0. The molecule has 0 rings (SSSR count). The highest BCUT2D eigenvalue weighted by Gasteiger charge is 2.24. The molecule has 0 bridgehead atoms. The fourth-order valence-electron chi connectivity index (χ4n) is 1.08. The average Bonchev–Trinajstić information content (AvgIpc) is 2.15. The van der Waals surface area contributed by atoms with Gasteiger partial charge in [-0.2, -0.15) is 0 Å².